The molecule has 0 fully saturated rings. The molecule has 12 heteroatoms. The van der Waals surface area contributed by atoms with Crippen molar-refractivity contribution >= 4 is 59.4 Å². The molecule has 0 amide bonds. The van der Waals surface area contributed by atoms with E-state index in [0.29, 0.717) is 0 Å². The van der Waals surface area contributed by atoms with Crippen molar-refractivity contribution in [2.45, 2.75) is 16.0 Å². The number of thiol groups is 1. The van der Waals surface area contributed by atoms with Crippen LogP contribution in [0.25, 0.3) is 0 Å². The van der Waals surface area contributed by atoms with Crippen LogP contribution in [0, 0.1) is 0 Å². The van der Waals surface area contributed by atoms with Gasteiger partial charge in [-0.3, -0.25) is 4.79 Å². The zero-order valence-corrected chi connectivity index (χ0v) is 12.1. The van der Waals surface area contributed by atoms with Crippen LogP contribution in [0.3, 0.4) is 0 Å². The van der Waals surface area contributed by atoms with Gasteiger partial charge in [0.15, 0.2) is 0 Å². The number of alkyl halides is 6. The average molecular weight is 367 g/mol. The number of carboxylic acids is 1. The second-order valence-corrected chi connectivity index (χ2v) is 5.70. The van der Waals surface area contributed by atoms with Crippen molar-refractivity contribution in [3.05, 3.63) is 0 Å². The van der Waals surface area contributed by atoms with E-state index in [1.165, 1.54) is 0 Å². The van der Waals surface area contributed by atoms with Crippen molar-refractivity contribution in [2.24, 2.45) is 5.73 Å². The highest BCUT2D eigenvalue weighted by atomic mass is 35.6. The number of hydrogen-bond acceptors (Lipinski definition) is 5. The van der Waals surface area contributed by atoms with E-state index in [0.717, 1.165) is 0 Å². The van der Waals surface area contributed by atoms with Gasteiger partial charge in [-0.15, -0.1) is 0 Å². The number of hydrogen-bond donors (Lipinski definition) is 3. The van der Waals surface area contributed by atoms with Crippen molar-refractivity contribution in [3.8, 4) is 0 Å². The summed E-state index contributed by atoms with van der Waals surface area (Å²) in [5.41, 5.74) is 5.27. The second-order valence-electron chi connectivity index (χ2n) is 2.81. The second kappa shape index (κ2) is 8.96. The molecule has 3 N–H and O–H groups in total. The number of ether oxygens (including phenoxy) is 1. The molecule has 0 unspecified atom stereocenters. The lowest BCUT2D eigenvalue weighted by Gasteiger charge is -2.13. The molecule has 0 aromatic carbocycles. The molecule has 0 radical (unpaired) electrons. The number of carbonyl (C=O) groups excluding carboxylic acids is 1. The molecule has 19 heavy (non-hydrogen) atoms. The Labute approximate surface area is 126 Å². The quantitative estimate of drug-likeness (QED) is 0.402. The van der Waals surface area contributed by atoms with Gasteiger partial charge in [-0.1, -0.05) is 34.8 Å². The molecule has 0 aromatic heterocycles. The molecule has 0 aliphatic carbocycles. The molecular formula is C7H9Cl3F3NO4S. The minimum absolute atomic E-state index is 0.193. The Bertz CT molecular complexity index is 311. The molecule has 0 aromatic rings. The van der Waals surface area contributed by atoms with E-state index in [2.05, 4.69) is 17.4 Å². The predicted molar refractivity (Wildman–Crippen MR) is 66.8 cm³/mol. The van der Waals surface area contributed by atoms with Crippen molar-refractivity contribution in [1.29, 1.82) is 0 Å². The Morgan fingerprint density at radius 1 is 1.32 bits per heavy atom. The van der Waals surface area contributed by atoms with Crippen LogP contribution in [-0.4, -0.2) is 45.4 Å². The first-order valence-electron chi connectivity index (χ1n) is 4.21. The monoisotopic (exact) mass is 365 g/mol. The fourth-order valence-corrected chi connectivity index (χ4v) is 0.647. The summed E-state index contributed by atoms with van der Waals surface area (Å²) in [6, 6.07) is -0.777. The van der Waals surface area contributed by atoms with Gasteiger partial charge in [-0.25, -0.2) is 4.79 Å². The van der Waals surface area contributed by atoms with Crippen molar-refractivity contribution in [2.75, 3.05) is 12.4 Å². The van der Waals surface area contributed by atoms with Crippen LogP contribution in [0.15, 0.2) is 0 Å². The number of aliphatic carboxylic acids is 1. The lowest BCUT2D eigenvalue weighted by atomic mass is 10.4. The first-order chi connectivity index (χ1) is 8.31. The molecule has 0 bridgehead atoms. The van der Waals surface area contributed by atoms with Gasteiger partial charge in [0.1, 0.15) is 12.6 Å². The smallest absolute Gasteiger partial charge is 0.475 e. The van der Waals surface area contributed by atoms with Gasteiger partial charge in [0.05, 0.1) is 0 Å². The van der Waals surface area contributed by atoms with Gasteiger partial charge in [0.25, 0.3) is 0 Å². The third-order valence-electron chi connectivity index (χ3n) is 1.12. The highest BCUT2D eigenvalue weighted by Gasteiger charge is 2.38. The topological polar surface area (TPSA) is 89.6 Å². The van der Waals surface area contributed by atoms with Gasteiger partial charge in [0, 0.05) is 5.75 Å². The number of carboxylic acid groups (broad SMARTS) is 1. The van der Waals surface area contributed by atoms with Crippen molar-refractivity contribution < 1.29 is 32.6 Å². The maximum atomic E-state index is 10.8. The van der Waals surface area contributed by atoms with E-state index >= 15 is 0 Å². The van der Waals surface area contributed by atoms with Crippen molar-refractivity contribution in [1.82, 2.24) is 0 Å². The van der Waals surface area contributed by atoms with E-state index in [4.69, 9.17) is 50.4 Å². The fourth-order valence-electron chi connectivity index (χ4n) is 0.335. The molecule has 0 saturated heterocycles. The summed E-state index contributed by atoms with van der Waals surface area (Å²) < 4.78 is 34.7. The number of halogens is 6. The minimum Gasteiger partial charge on any atom is -0.475 e. The molecule has 0 aliphatic rings. The van der Waals surface area contributed by atoms with Gasteiger partial charge in [-0.05, 0) is 0 Å². The van der Waals surface area contributed by atoms with Gasteiger partial charge >= 0.3 is 18.1 Å². The normalized spacial score (nSPS) is 13.1. The maximum absolute atomic E-state index is 10.8. The Morgan fingerprint density at radius 3 is 1.89 bits per heavy atom. The summed E-state index contributed by atoms with van der Waals surface area (Å²) in [6.45, 7) is -0.308. The average Bonchev–Trinajstić information content (AvgIpc) is 2.23. The molecular weight excluding hydrogens is 358 g/mol. The highest BCUT2D eigenvalue weighted by molar-refractivity contribution is 7.80. The van der Waals surface area contributed by atoms with Gasteiger partial charge < -0.3 is 15.6 Å². The number of nitrogens with two attached hydrogens (primary N) is 1. The summed E-state index contributed by atoms with van der Waals surface area (Å²) in [4.78, 5) is 19.7. The molecule has 5 nitrogen and oxygen atoms in total. The number of rotatable bonds is 3. The van der Waals surface area contributed by atoms with Crippen molar-refractivity contribution in [3.63, 3.8) is 0 Å². The van der Waals surface area contributed by atoms with E-state index in [9.17, 15) is 18.0 Å². The van der Waals surface area contributed by atoms with E-state index in [1.807, 2.05) is 0 Å². The molecule has 0 aliphatic heterocycles. The van der Waals surface area contributed by atoms with Crippen LogP contribution in [0.1, 0.15) is 0 Å². The Kier molecular flexibility index (Phi) is 10.0. The minimum atomic E-state index is -5.08. The summed E-state index contributed by atoms with van der Waals surface area (Å²) in [5.74, 6) is -3.19. The fraction of sp³-hybridized carbons (Fsp3) is 0.714. The SMILES string of the molecule is N[C@@H](CS)C(=O)OCC(Cl)(Cl)Cl.O=C(O)C(F)(F)F. The third kappa shape index (κ3) is 14.1. The first kappa shape index (κ1) is 21.2. The summed E-state index contributed by atoms with van der Waals surface area (Å²) in [5, 5.41) is 7.12. The maximum Gasteiger partial charge on any atom is 0.490 e. The van der Waals surface area contributed by atoms with Crippen LogP contribution in [0.4, 0.5) is 13.2 Å². The standard InChI is InChI=1S/C5H8Cl3NO2S.C2HF3O2/c6-5(7,8)2-11-4(10)3(9)1-12;3-2(4,5)1(6)7/h3,12H,1-2,9H2;(H,6,7)/t3-;/m0./s1. The summed E-state index contributed by atoms with van der Waals surface area (Å²) in [7, 11) is 0. The zero-order valence-electron chi connectivity index (χ0n) is 8.96. The van der Waals surface area contributed by atoms with Crippen LogP contribution in [0.5, 0.6) is 0 Å². The molecule has 0 rings (SSSR count). The van der Waals surface area contributed by atoms with Crippen LogP contribution in [-0.2, 0) is 14.3 Å². The molecule has 0 spiro atoms. The summed E-state index contributed by atoms with van der Waals surface area (Å²) in [6.07, 6.45) is -5.08. The summed E-state index contributed by atoms with van der Waals surface area (Å²) >= 11 is 19.8. The highest BCUT2D eigenvalue weighted by Crippen LogP contribution is 2.25. The molecule has 114 valence electrons. The van der Waals surface area contributed by atoms with Crippen LogP contribution >= 0.6 is 47.4 Å². The van der Waals surface area contributed by atoms with Crippen LogP contribution in [0.2, 0.25) is 0 Å². The first-order valence-corrected chi connectivity index (χ1v) is 5.97. The van der Waals surface area contributed by atoms with Gasteiger partial charge in [-0.2, -0.15) is 25.8 Å². The lowest BCUT2D eigenvalue weighted by molar-refractivity contribution is -0.192. The largest absolute Gasteiger partial charge is 0.490 e. The molecule has 0 heterocycles. The van der Waals surface area contributed by atoms with Gasteiger partial charge in [0.2, 0.25) is 3.79 Å². The Balaban J connectivity index is 0. The van der Waals surface area contributed by atoms with E-state index in [-0.39, 0.29) is 12.4 Å². The Hall–Kier alpha value is -0.0900. The van der Waals surface area contributed by atoms with Crippen LogP contribution < -0.4 is 5.73 Å². The van der Waals surface area contributed by atoms with E-state index < -0.39 is 27.9 Å². The van der Waals surface area contributed by atoms with E-state index in [1.54, 1.807) is 0 Å². The molecule has 0 saturated carbocycles. The number of carbonyl (C=O) groups is 2. The Morgan fingerprint density at radius 2 is 1.68 bits per heavy atom. The number of esters is 1. The lowest BCUT2D eigenvalue weighted by Crippen LogP contribution is -2.35. The third-order valence-corrected chi connectivity index (χ3v) is 1.84. The molecule has 1 atom stereocenters. The predicted octanol–water partition coefficient (Wildman–Crippen LogP) is 1.79. The zero-order chi connectivity index (χ0) is 15.9.